The van der Waals surface area contributed by atoms with Gasteiger partial charge in [0.05, 0.1) is 0 Å². The van der Waals surface area contributed by atoms with Crippen molar-refractivity contribution in [2.75, 3.05) is 23.3 Å². The van der Waals surface area contributed by atoms with Crippen LogP contribution in [0.5, 0.6) is 0 Å². The average Bonchev–Trinajstić information content (AvgIpc) is 3.36. The number of alkyl carbamates (subject to hydrolysis) is 1. The van der Waals surface area contributed by atoms with Crippen LogP contribution < -0.4 is 15.5 Å². The molecule has 1 amide bonds. The van der Waals surface area contributed by atoms with Crippen LogP contribution in [-0.4, -0.2) is 46.8 Å². The topological polar surface area (TPSA) is 79.4 Å². The SMILES string of the molecule is CC(C)(C)OC(=O)NC[C@@H]1CCCCN1c1cc(NC2CC2)ncn1. The van der Waals surface area contributed by atoms with Crippen LogP contribution in [0.25, 0.3) is 0 Å². The Bertz CT molecular complexity index is 597. The van der Waals surface area contributed by atoms with E-state index in [0.29, 0.717) is 12.6 Å². The van der Waals surface area contributed by atoms with Gasteiger partial charge >= 0.3 is 6.09 Å². The number of amides is 1. The number of hydrogen-bond acceptors (Lipinski definition) is 6. The van der Waals surface area contributed by atoms with E-state index in [-0.39, 0.29) is 12.1 Å². The van der Waals surface area contributed by atoms with Gasteiger partial charge in [0.15, 0.2) is 0 Å². The van der Waals surface area contributed by atoms with Crippen molar-refractivity contribution in [3.8, 4) is 0 Å². The molecule has 3 rings (SSSR count). The molecule has 25 heavy (non-hydrogen) atoms. The number of rotatable bonds is 5. The maximum atomic E-state index is 11.9. The quantitative estimate of drug-likeness (QED) is 0.852. The molecule has 1 saturated heterocycles. The lowest BCUT2D eigenvalue weighted by molar-refractivity contribution is 0.0523. The number of nitrogens with one attached hydrogen (secondary N) is 2. The van der Waals surface area contributed by atoms with Gasteiger partial charge in [-0.1, -0.05) is 0 Å². The van der Waals surface area contributed by atoms with Crippen LogP contribution in [0.15, 0.2) is 12.4 Å². The zero-order valence-electron chi connectivity index (χ0n) is 15.4. The first-order valence-corrected chi connectivity index (χ1v) is 9.23. The van der Waals surface area contributed by atoms with Gasteiger partial charge in [0, 0.05) is 31.2 Å². The van der Waals surface area contributed by atoms with Gasteiger partial charge in [0.25, 0.3) is 0 Å². The van der Waals surface area contributed by atoms with Gasteiger partial charge in [-0.25, -0.2) is 14.8 Å². The Balaban J connectivity index is 1.61. The van der Waals surface area contributed by atoms with E-state index in [9.17, 15) is 4.79 Å². The number of anilines is 2. The standard InChI is InChI=1S/C18H29N5O2/c1-18(2,3)25-17(24)19-11-14-6-4-5-9-23(14)16-10-15(20-12-21-16)22-13-7-8-13/h10,12-14H,4-9,11H2,1-3H3,(H,19,24)(H,20,21,22)/t14-/m0/s1. The maximum Gasteiger partial charge on any atom is 0.407 e. The summed E-state index contributed by atoms with van der Waals surface area (Å²) in [5, 5.41) is 6.32. The largest absolute Gasteiger partial charge is 0.444 e. The summed E-state index contributed by atoms with van der Waals surface area (Å²) in [4.78, 5) is 23.0. The molecule has 2 heterocycles. The summed E-state index contributed by atoms with van der Waals surface area (Å²) in [6.45, 7) is 7.11. The fraction of sp³-hybridized carbons (Fsp3) is 0.722. The number of carbonyl (C=O) groups excluding carboxylic acids is 1. The van der Waals surface area contributed by atoms with Crippen LogP contribution in [0.4, 0.5) is 16.4 Å². The summed E-state index contributed by atoms with van der Waals surface area (Å²) in [7, 11) is 0. The summed E-state index contributed by atoms with van der Waals surface area (Å²) in [5.41, 5.74) is -0.480. The van der Waals surface area contributed by atoms with E-state index in [1.807, 2.05) is 26.8 Å². The van der Waals surface area contributed by atoms with Crippen LogP contribution in [0.1, 0.15) is 52.9 Å². The number of carbonyl (C=O) groups is 1. The van der Waals surface area contributed by atoms with Crippen LogP contribution in [0.2, 0.25) is 0 Å². The van der Waals surface area contributed by atoms with Gasteiger partial charge in [0.2, 0.25) is 0 Å². The molecular formula is C18H29N5O2. The maximum absolute atomic E-state index is 11.9. The van der Waals surface area contributed by atoms with E-state index in [1.165, 1.54) is 12.8 Å². The first-order valence-electron chi connectivity index (χ1n) is 9.23. The summed E-state index contributed by atoms with van der Waals surface area (Å²) in [6.07, 6.45) is 7.01. The van der Waals surface area contributed by atoms with Gasteiger partial charge in [-0.05, 0) is 52.9 Å². The van der Waals surface area contributed by atoms with E-state index in [2.05, 4.69) is 25.5 Å². The Hall–Kier alpha value is -2.05. The third kappa shape index (κ3) is 5.47. The van der Waals surface area contributed by atoms with Crippen LogP contribution in [0, 0.1) is 0 Å². The van der Waals surface area contributed by atoms with E-state index in [0.717, 1.165) is 37.4 Å². The van der Waals surface area contributed by atoms with Crippen molar-refractivity contribution in [3.63, 3.8) is 0 Å². The van der Waals surface area contributed by atoms with Crippen molar-refractivity contribution in [3.05, 3.63) is 12.4 Å². The molecule has 7 heteroatoms. The molecule has 0 radical (unpaired) electrons. The Kier molecular flexibility index (Phi) is 5.30. The Morgan fingerprint density at radius 2 is 2.08 bits per heavy atom. The summed E-state index contributed by atoms with van der Waals surface area (Å²) in [5.74, 6) is 1.81. The van der Waals surface area contributed by atoms with Gasteiger partial charge in [-0.15, -0.1) is 0 Å². The lowest BCUT2D eigenvalue weighted by Gasteiger charge is -2.37. The minimum Gasteiger partial charge on any atom is -0.444 e. The predicted molar refractivity (Wildman–Crippen MR) is 97.9 cm³/mol. The molecule has 0 spiro atoms. The predicted octanol–water partition coefficient (Wildman–Crippen LogP) is 2.93. The zero-order valence-corrected chi connectivity index (χ0v) is 15.4. The van der Waals surface area contributed by atoms with Crippen molar-refractivity contribution >= 4 is 17.7 Å². The van der Waals surface area contributed by atoms with Crippen LogP contribution >= 0.6 is 0 Å². The fourth-order valence-corrected chi connectivity index (χ4v) is 3.05. The molecule has 2 N–H and O–H groups in total. The second kappa shape index (κ2) is 7.45. The van der Waals surface area contributed by atoms with Crippen molar-refractivity contribution in [1.82, 2.24) is 15.3 Å². The van der Waals surface area contributed by atoms with Crippen LogP contribution in [0.3, 0.4) is 0 Å². The van der Waals surface area contributed by atoms with E-state index in [1.54, 1.807) is 6.33 Å². The van der Waals surface area contributed by atoms with E-state index in [4.69, 9.17) is 4.74 Å². The summed E-state index contributed by atoms with van der Waals surface area (Å²) < 4.78 is 5.34. The number of aromatic nitrogens is 2. The average molecular weight is 347 g/mol. The molecular weight excluding hydrogens is 318 g/mol. The highest BCUT2D eigenvalue weighted by Crippen LogP contribution is 2.27. The first-order chi connectivity index (χ1) is 11.9. The molecule has 1 atom stereocenters. The third-order valence-corrected chi connectivity index (χ3v) is 4.38. The highest BCUT2D eigenvalue weighted by molar-refractivity contribution is 5.67. The molecule has 1 aliphatic carbocycles. The molecule has 1 aliphatic heterocycles. The molecule has 0 aromatic carbocycles. The first kappa shape index (κ1) is 17.8. The number of nitrogens with zero attached hydrogens (tertiary/aromatic N) is 3. The molecule has 0 unspecified atom stereocenters. The molecule has 2 fully saturated rings. The number of ether oxygens (including phenoxy) is 1. The molecule has 7 nitrogen and oxygen atoms in total. The number of hydrogen-bond donors (Lipinski definition) is 2. The van der Waals surface area contributed by atoms with Gasteiger partial charge in [-0.2, -0.15) is 0 Å². The minimum absolute atomic E-state index is 0.227. The number of piperidine rings is 1. The lowest BCUT2D eigenvalue weighted by atomic mass is 10.0. The van der Waals surface area contributed by atoms with Crippen molar-refractivity contribution in [2.24, 2.45) is 0 Å². The van der Waals surface area contributed by atoms with E-state index >= 15 is 0 Å². The molecule has 1 saturated carbocycles. The second-order valence-corrected chi connectivity index (χ2v) is 7.91. The minimum atomic E-state index is -0.480. The molecule has 1 aromatic rings. The van der Waals surface area contributed by atoms with E-state index < -0.39 is 5.60 Å². The monoisotopic (exact) mass is 347 g/mol. The zero-order chi connectivity index (χ0) is 17.9. The highest BCUT2D eigenvalue weighted by atomic mass is 16.6. The summed E-state index contributed by atoms with van der Waals surface area (Å²) in [6, 6.07) is 2.81. The van der Waals surface area contributed by atoms with Gasteiger partial charge < -0.3 is 20.3 Å². The normalized spacial score (nSPS) is 20.9. The van der Waals surface area contributed by atoms with Crippen molar-refractivity contribution < 1.29 is 9.53 Å². The Morgan fingerprint density at radius 1 is 1.28 bits per heavy atom. The Labute approximate surface area is 149 Å². The lowest BCUT2D eigenvalue weighted by Crippen LogP contribution is -2.48. The molecule has 1 aromatic heterocycles. The molecule has 0 bridgehead atoms. The molecule has 2 aliphatic rings. The smallest absolute Gasteiger partial charge is 0.407 e. The Morgan fingerprint density at radius 3 is 2.80 bits per heavy atom. The van der Waals surface area contributed by atoms with Crippen molar-refractivity contribution in [2.45, 2.75) is 70.6 Å². The summed E-state index contributed by atoms with van der Waals surface area (Å²) >= 11 is 0. The van der Waals surface area contributed by atoms with Gasteiger partial charge in [-0.3, -0.25) is 0 Å². The van der Waals surface area contributed by atoms with Crippen LogP contribution in [-0.2, 0) is 4.74 Å². The fourth-order valence-electron chi connectivity index (χ4n) is 3.05. The van der Waals surface area contributed by atoms with Gasteiger partial charge in [0.1, 0.15) is 23.6 Å². The molecule has 138 valence electrons. The highest BCUT2D eigenvalue weighted by Gasteiger charge is 2.26. The third-order valence-electron chi connectivity index (χ3n) is 4.38. The van der Waals surface area contributed by atoms with Crippen molar-refractivity contribution in [1.29, 1.82) is 0 Å². The second-order valence-electron chi connectivity index (χ2n) is 7.91.